The normalized spacial score (nSPS) is 26.0. The zero-order valence-electron chi connectivity index (χ0n) is 66.0. The third kappa shape index (κ3) is 44.9. The molecule has 0 aliphatic carbocycles. The molecular weight excluding hydrogens is 1320 g/mol. The molecule has 0 aromatic heterocycles. The highest BCUT2D eigenvalue weighted by Gasteiger charge is 2.54. The Morgan fingerprint density at radius 2 is 0.635 bits per heavy atom. The summed E-state index contributed by atoms with van der Waals surface area (Å²) in [5.41, 5.74) is 0. The number of carbonyl (C=O) groups excluding carboxylic acids is 1. The van der Waals surface area contributed by atoms with Crippen LogP contribution in [0.5, 0.6) is 0 Å². The number of hydrogen-bond donors (Lipinski definition) is 12. The van der Waals surface area contributed by atoms with Gasteiger partial charge in [-0.3, -0.25) is 4.79 Å². The standard InChI is InChI=1S/C85H161NO18/c1-3-5-7-9-11-13-15-17-19-21-23-25-27-29-31-33-34-35-37-39-41-43-45-47-49-51-53-55-57-59-61-63-73(91)86-68(69(90)62-60-58-56-54-52-50-48-46-44-42-40-38-36-32-30-28-26-24-22-20-18-16-14-12-10-8-6-4-2)67-99-83-79(97)76(94)81(71(65-88)101-83)104-85-80(98)77(95)82(72(66-89)102-85)103-84-78(96)75(93)74(92)70(64-87)100-84/h15,17,21,23,68-72,74-85,87-90,92-98H,3-14,16,18-20,22,24-67H2,1-2H3,(H,86,91)/b17-15-,23-21-. The van der Waals surface area contributed by atoms with Gasteiger partial charge in [0, 0.05) is 6.42 Å². The second-order valence-corrected chi connectivity index (χ2v) is 31.4. The molecule has 19 nitrogen and oxygen atoms in total. The van der Waals surface area contributed by atoms with Crippen LogP contribution in [0.4, 0.5) is 0 Å². The first-order valence-corrected chi connectivity index (χ1v) is 43.6. The van der Waals surface area contributed by atoms with Gasteiger partial charge in [0.05, 0.1) is 38.6 Å². The van der Waals surface area contributed by atoms with Crippen LogP contribution in [0.25, 0.3) is 0 Å². The van der Waals surface area contributed by atoms with Crippen molar-refractivity contribution in [3.8, 4) is 0 Å². The molecule has 3 heterocycles. The van der Waals surface area contributed by atoms with Crippen LogP contribution in [-0.4, -0.2) is 193 Å². The van der Waals surface area contributed by atoms with E-state index in [2.05, 4.69) is 43.5 Å². The number of ether oxygens (including phenoxy) is 6. The largest absolute Gasteiger partial charge is 0.394 e. The minimum absolute atomic E-state index is 0.234. The molecule has 614 valence electrons. The fourth-order valence-corrected chi connectivity index (χ4v) is 15.1. The van der Waals surface area contributed by atoms with Crippen molar-refractivity contribution < 1.29 is 89.4 Å². The molecule has 104 heavy (non-hydrogen) atoms. The van der Waals surface area contributed by atoms with E-state index in [1.165, 1.54) is 295 Å². The molecule has 3 fully saturated rings. The number of amides is 1. The Morgan fingerprint density at radius 1 is 0.346 bits per heavy atom. The second kappa shape index (κ2) is 65.9. The maximum absolute atomic E-state index is 13.5. The van der Waals surface area contributed by atoms with Crippen LogP contribution in [0.3, 0.4) is 0 Å². The first-order valence-electron chi connectivity index (χ1n) is 43.6. The maximum Gasteiger partial charge on any atom is 0.220 e. The summed E-state index contributed by atoms with van der Waals surface area (Å²) in [6.07, 6.45) is 54.2. The van der Waals surface area contributed by atoms with Gasteiger partial charge >= 0.3 is 0 Å². The van der Waals surface area contributed by atoms with Crippen molar-refractivity contribution in [2.24, 2.45) is 0 Å². The molecular formula is C85H161NO18. The number of aliphatic hydroxyl groups is 11. The number of aliphatic hydroxyl groups excluding tert-OH is 11. The minimum atomic E-state index is -1.97. The maximum atomic E-state index is 13.5. The van der Waals surface area contributed by atoms with Gasteiger partial charge in [0.2, 0.25) is 5.91 Å². The summed E-state index contributed by atoms with van der Waals surface area (Å²) in [6.45, 7) is 1.86. The summed E-state index contributed by atoms with van der Waals surface area (Å²) in [5, 5.41) is 121. The number of hydrogen-bond acceptors (Lipinski definition) is 18. The monoisotopic (exact) mass is 1480 g/mol. The van der Waals surface area contributed by atoms with E-state index in [1.54, 1.807) is 0 Å². The Labute approximate surface area is 632 Å². The molecule has 0 bridgehead atoms. The van der Waals surface area contributed by atoms with Gasteiger partial charge < -0.3 is 89.9 Å². The van der Waals surface area contributed by atoms with Crippen molar-refractivity contribution >= 4 is 5.91 Å². The molecule has 19 heteroatoms. The van der Waals surface area contributed by atoms with Crippen molar-refractivity contribution in [3.63, 3.8) is 0 Å². The Balaban J connectivity index is 1.34. The Hall–Kier alpha value is -1.73. The fraction of sp³-hybridized carbons (Fsp3) is 0.941. The number of allylic oxidation sites excluding steroid dienone is 4. The lowest BCUT2D eigenvalue weighted by Gasteiger charge is -2.48. The molecule has 3 rings (SSSR count). The van der Waals surface area contributed by atoms with Gasteiger partial charge in [0.1, 0.15) is 73.2 Å². The topological polar surface area (TPSA) is 307 Å². The van der Waals surface area contributed by atoms with E-state index < -0.39 is 124 Å². The van der Waals surface area contributed by atoms with Gasteiger partial charge in [-0.2, -0.15) is 0 Å². The Kier molecular flexibility index (Phi) is 61.2. The predicted octanol–water partition coefficient (Wildman–Crippen LogP) is 15.7. The van der Waals surface area contributed by atoms with Gasteiger partial charge in [0.25, 0.3) is 0 Å². The molecule has 12 N–H and O–H groups in total. The van der Waals surface area contributed by atoms with Crippen LogP contribution in [-0.2, 0) is 33.2 Å². The van der Waals surface area contributed by atoms with Crippen molar-refractivity contribution in [2.75, 3.05) is 26.4 Å². The summed E-state index contributed by atoms with van der Waals surface area (Å²) in [6, 6.07) is -0.887. The fourth-order valence-electron chi connectivity index (χ4n) is 15.1. The molecule has 0 aromatic carbocycles. The van der Waals surface area contributed by atoms with E-state index in [-0.39, 0.29) is 18.9 Å². The van der Waals surface area contributed by atoms with Gasteiger partial charge in [0.15, 0.2) is 18.9 Å². The first-order chi connectivity index (χ1) is 50.8. The van der Waals surface area contributed by atoms with E-state index in [4.69, 9.17) is 28.4 Å². The average Bonchev–Trinajstić information content (AvgIpc) is 0.783. The number of unbranched alkanes of at least 4 members (excludes halogenated alkanes) is 51. The van der Waals surface area contributed by atoms with Crippen molar-refractivity contribution in [3.05, 3.63) is 24.3 Å². The average molecular weight is 1490 g/mol. The van der Waals surface area contributed by atoms with Gasteiger partial charge in [-0.25, -0.2) is 0 Å². The number of nitrogens with one attached hydrogen (secondary N) is 1. The third-order valence-corrected chi connectivity index (χ3v) is 22.0. The molecule has 1 amide bonds. The van der Waals surface area contributed by atoms with Crippen LogP contribution >= 0.6 is 0 Å². The molecule has 3 aliphatic rings. The Bertz CT molecular complexity index is 1970. The van der Waals surface area contributed by atoms with Crippen LogP contribution < -0.4 is 5.32 Å². The van der Waals surface area contributed by atoms with Crippen LogP contribution in [0, 0.1) is 0 Å². The Morgan fingerprint density at radius 3 is 0.981 bits per heavy atom. The lowest BCUT2D eigenvalue weighted by molar-refractivity contribution is -0.379. The van der Waals surface area contributed by atoms with E-state index in [0.717, 1.165) is 51.4 Å². The van der Waals surface area contributed by atoms with Crippen molar-refractivity contribution in [1.82, 2.24) is 5.32 Å². The molecule has 0 spiro atoms. The summed E-state index contributed by atoms with van der Waals surface area (Å²) in [5.74, 6) is -0.234. The SMILES string of the molecule is CCCCCCC/C=C\C/C=C\CCCCCCCCCCCCCCCCCCCCCC(=O)NC(COC1OC(CO)C(OC2OC(CO)C(OC3OC(CO)C(O)C(O)C3O)C(O)C2O)C(O)C1O)C(O)CCCCCCCCCCCCCCCCCCCCCCCCCCCCCC. The molecule has 0 saturated carbocycles. The highest BCUT2D eigenvalue weighted by molar-refractivity contribution is 5.76. The quantitative estimate of drug-likeness (QED) is 0.0199. The molecule has 0 radical (unpaired) electrons. The van der Waals surface area contributed by atoms with Crippen LogP contribution in [0.2, 0.25) is 0 Å². The van der Waals surface area contributed by atoms with Crippen LogP contribution in [0.1, 0.15) is 380 Å². The van der Waals surface area contributed by atoms with E-state index in [0.29, 0.717) is 12.8 Å². The lowest BCUT2D eigenvalue weighted by atomic mass is 9.96. The molecule has 17 unspecified atom stereocenters. The molecule has 0 aromatic rings. The minimum Gasteiger partial charge on any atom is -0.394 e. The number of carbonyl (C=O) groups is 1. The van der Waals surface area contributed by atoms with Gasteiger partial charge in [-0.15, -0.1) is 0 Å². The van der Waals surface area contributed by atoms with Crippen molar-refractivity contribution in [2.45, 2.75) is 484 Å². The summed E-state index contributed by atoms with van der Waals surface area (Å²) < 4.78 is 34.6. The molecule has 3 saturated heterocycles. The summed E-state index contributed by atoms with van der Waals surface area (Å²) in [4.78, 5) is 13.5. The van der Waals surface area contributed by atoms with Crippen LogP contribution in [0.15, 0.2) is 24.3 Å². The van der Waals surface area contributed by atoms with E-state index in [1.807, 2.05) is 0 Å². The second-order valence-electron chi connectivity index (χ2n) is 31.4. The zero-order chi connectivity index (χ0) is 75.3. The van der Waals surface area contributed by atoms with E-state index >= 15 is 0 Å². The summed E-state index contributed by atoms with van der Waals surface area (Å²) in [7, 11) is 0. The zero-order valence-corrected chi connectivity index (χ0v) is 66.0. The highest BCUT2D eigenvalue weighted by Crippen LogP contribution is 2.34. The number of rotatable bonds is 71. The summed E-state index contributed by atoms with van der Waals surface area (Å²) >= 11 is 0. The van der Waals surface area contributed by atoms with Gasteiger partial charge in [-0.1, -0.05) is 353 Å². The first kappa shape index (κ1) is 96.5. The molecule has 3 aliphatic heterocycles. The lowest BCUT2D eigenvalue weighted by Crippen LogP contribution is -2.66. The third-order valence-electron chi connectivity index (χ3n) is 22.0. The van der Waals surface area contributed by atoms with Gasteiger partial charge in [-0.05, 0) is 44.9 Å². The molecule has 17 atom stereocenters. The van der Waals surface area contributed by atoms with Crippen molar-refractivity contribution in [1.29, 1.82) is 0 Å². The van der Waals surface area contributed by atoms with E-state index in [9.17, 15) is 61.0 Å². The predicted molar refractivity (Wildman–Crippen MR) is 416 cm³/mol. The smallest absolute Gasteiger partial charge is 0.220 e. The highest BCUT2D eigenvalue weighted by atomic mass is 16.8.